The predicted molar refractivity (Wildman–Crippen MR) is 85.1 cm³/mol. The second-order valence-corrected chi connectivity index (χ2v) is 6.09. The molecule has 1 heterocycles. The van der Waals surface area contributed by atoms with Gasteiger partial charge in [-0.05, 0) is 24.8 Å². The lowest BCUT2D eigenvalue weighted by atomic mass is 10.0. The van der Waals surface area contributed by atoms with E-state index in [-0.39, 0.29) is 18.1 Å². The zero-order valence-corrected chi connectivity index (χ0v) is 13.6. The minimum absolute atomic E-state index is 0.00308. The first-order valence-corrected chi connectivity index (χ1v) is 8.05. The molecular formula is C18H25NO3. The van der Waals surface area contributed by atoms with Gasteiger partial charge in [0.1, 0.15) is 6.10 Å². The second kappa shape index (κ2) is 7.54. The second-order valence-electron chi connectivity index (χ2n) is 6.09. The Kier molecular flexibility index (Phi) is 5.72. The van der Waals surface area contributed by atoms with Gasteiger partial charge in [-0.3, -0.25) is 9.59 Å². The summed E-state index contributed by atoms with van der Waals surface area (Å²) >= 11 is 0. The summed E-state index contributed by atoms with van der Waals surface area (Å²) in [6.45, 7) is 6.21. The van der Waals surface area contributed by atoms with Crippen LogP contribution in [0.5, 0.6) is 0 Å². The van der Waals surface area contributed by atoms with Gasteiger partial charge in [0.15, 0.2) is 12.5 Å². The molecule has 120 valence electrons. The lowest BCUT2D eigenvalue weighted by Crippen LogP contribution is -2.41. The van der Waals surface area contributed by atoms with Gasteiger partial charge in [-0.25, -0.2) is 0 Å². The van der Waals surface area contributed by atoms with Crippen LogP contribution in [-0.4, -0.2) is 29.4 Å². The van der Waals surface area contributed by atoms with Crippen LogP contribution in [0.3, 0.4) is 0 Å². The highest BCUT2D eigenvalue weighted by atomic mass is 16.5. The smallest absolute Gasteiger partial charge is 0.225 e. The lowest BCUT2D eigenvalue weighted by Gasteiger charge is -2.25. The number of carbonyl (C=O) groups is 2. The van der Waals surface area contributed by atoms with Crippen LogP contribution in [0.25, 0.3) is 0 Å². The van der Waals surface area contributed by atoms with E-state index in [0.717, 1.165) is 24.7 Å². The summed E-state index contributed by atoms with van der Waals surface area (Å²) in [6, 6.07) is 9.62. The molecule has 4 heteroatoms. The van der Waals surface area contributed by atoms with Crippen LogP contribution in [0, 0.1) is 5.92 Å². The third kappa shape index (κ3) is 3.55. The van der Waals surface area contributed by atoms with E-state index in [4.69, 9.17) is 4.74 Å². The first-order chi connectivity index (χ1) is 10.6. The minimum Gasteiger partial charge on any atom is -0.341 e. The van der Waals surface area contributed by atoms with Crippen molar-refractivity contribution >= 4 is 12.2 Å². The van der Waals surface area contributed by atoms with Crippen molar-refractivity contribution in [2.24, 2.45) is 5.92 Å². The summed E-state index contributed by atoms with van der Waals surface area (Å²) in [5.74, 6) is 0.519. The Bertz CT molecular complexity index is 502. The lowest BCUT2D eigenvalue weighted by molar-refractivity contribution is -0.142. The molecule has 0 saturated carbocycles. The third-order valence-electron chi connectivity index (χ3n) is 4.52. The number of hydrogen-bond acceptors (Lipinski definition) is 3. The van der Waals surface area contributed by atoms with E-state index in [0.29, 0.717) is 12.3 Å². The molecule has 0 radical (unpaired) electrons. The zero-order chi connectivity index (χ0) is 16.1. The van der Waals surface area contributed by atoms with Gasteiger partial charge in [-0.15, -0.1) is 0 Å². The van der Waals surface area contributed by atoms with Crippen LogP contribution < -0.4 is 0 Å². The van der Waals surface area contributed by atoms with E-state index in [1.807, 2.05) is 37.3 Å². The van der Waals surface area contributed by atoms with Crippen LogP contribution in [0.15, 0.2) is 30.3 Å². The van der Waals surface area contributed by atoms with Gasteiger partial charge >= 0.3 is 0 Å². The normalized spacial score (nSPS) is 26.0. The molecule has 2 rings (SSSR count). The molecule has 4 atom stereocenters. The zero-order valence-electron chi connectivity index (χ0n) is 13.6. The highest BCUT2D eigenvalue weighted by Gasteiger charge is 2.42. The Morgan fingerprint density at radius 2 is 2.05 bits per heavy atom. The minimum atomic E-state index is -0.773. The standard InChI is InChI=1S/C18H25NO3/c1-4-13(2)10-11-16(21)19-14(3)18(22-17(19)12-20)15-8-6-5-7-9-15/h5-9,12-14,17-18H,4,10-11H2,1-3H3/t13-,14?,17?,18?/m0/s1. The Balaban J connectivity index is 2.10. The summed E-state index contributed by atoms with van der Waals surface area (Å²) in [5, 5.41) is 0. The van der Waals surface area contributed by atoms with E-state index >= 15 is 0 Å². The number of aldehydes is 1. The number of ether oxygens (including phenoxy) is 1. The maximum absolute atomic E-state index is 12.5. The molecule has 0 aliphatic carbocycles. The molecule has 1 amide bonds. The van der Waals surface area contributed by atoms with Crippen molar-refractivity contribution in [2.45, 2.75) is 58.4 Å². The van der Waals surface area contributed by atoms with Crippen molar-refractivity contribution in [1.82, 2.24) is 4.90 Å². The van der Waals surface area contributed by atoms with Gasteiger partial charge in [0.25, 0.3) is 0 Å². The van der Waals surface area contributed by atoms with Crippen molar-refractivity contribution in [3.63, 3.8) is 0 Å². The van der Waals surface area contributed by atoms with Crippen LogP contribution in [0.2, 0.25) is 0 Å². The highest BCUT2D eigenvalue weighted by Crippen LogP contribution is 2.34. The van der Waals surface area contributed by atoms with Gasteiger partial charge in [-0.1, -0.05) is 50.6 Å². The van der Waals surface area contributed by atoms with Crippen LogP contribution in [0.4, 0.5) is 0 Å². The number of rotatable bonds is 6. The van der Waals surface area contributed by atoms with Crippen molar-refractivity contribution in [1.29, 1.82) is 0 Å². The predicted octanol–water partition coefficient (Wildman–Crippen LogP) is 3.33. The Morgan fingerprint density at radius 1 is 1.36 bits per heavy atom. The third-order valence-corrected chi connectivity index (χ3v) is 4.52. The first-order valence-electron chi connectivity index (χ1n) is 8.05. The van der Waals surface area contributed by atoms with Crippen molar-refractivity contribution in [3.05, 3.63) is 35.9 Å². The van der Waals surface area contributed by atoms with Crippen molar-refractivity contribution in [2.75, 3.05) is 0 Å². The maximum Gasteiger partial charge on any atom is 0.225 e. The summed E-state index contributed by atoms with van der Waals surface area (Å²) in [4.78, 5) is 25.4. The quantitative estimate of drug-likeness (QED) is 0.757. The molecule has 1 aliphatic rings. The summed E-state index contributed by atoms with van der Waals surface area (Å²) in [7, 11) is 0. The SMILES string of the molecule is CC[C@H](C)CCC(=O)N1C(C=O)OC(c2ccccc2)C1C. The molecule has 1 aliphatic heterocycles. The summed E-state index contributed by atoms with van der Waals surface area (Å²) in [6.07, 6.45) is 2.08. The first kappa shape index (κ1) is 16.7. The Hall–Kier alpha value is -1.68. The molecule has 1 aromatic rings. The van der Waals surface area contributed by atoms with Gasteiger partial charge in [0.05, 0.1) is 6.04 Å². The van der Waals surface area contributed by atoms with Crippen LogP contribution >= 0.6 is 0 Å². The number of hydrogen-bond donors (Lipinski definition) is 0. The number of nitrogens with zero attached hydrogens (tertiary/aromatic N) is 1. The molecule has 22 heavy (non-hydrogen) atoms. The molecular weight excluding hydrogens is 278 g/mol. The highest BCUT2D eigenvalue weighted by molar-refractivity contribution is 5.80. The van der Waals surface area contributed by atoms with E-state index in [1.165, 1.54) is 0 Å². The van der Waals surface area contributed by atoms with Gasteiger partial charge in [0, 0.05) is 6.42 Å². The molecule has 1 aromatic carbocycles. The Morgan fingerprint density at radius 3 is 2.64 bits per heavy atom. The average Bonchev–Trinajstić information content (AvgIpc) is 2.89. The topological polar surface area (TPSA) is 46.6 Å². The Labute approximate surface area is 132 Å². The van der Waals surface area contributed by atoms with Crippen molar-refractivity contribution in [3.8, 4) is 0 Å². The number of benzene rings is 1. The number of carbonyl (C=O) groups excluding carboxylic acids is 2. The van der Waals surface area contributed by atoms with Gasteiger partial charge in [-0.2, -0.15) is 0 Å². The fourth-order valence-corrected chi connectivity index (χ4v) is 2.88. The summed E-state index contributed by atoms with van der Waals surface area (Å²) in [5.41, 5.74) is 0.999. The molecule has 1 fully saturated rings. The van der Waals surface area contributed by atoms with Crippen LogP contribution in [-0.2, 0) is 14.3 Å². The maximum atomic E-state index is 12.5. The monoisotopic (exact) mass is 303 g/mol. The largest absolute Gasteiger partial charge is 0.341 e. The molecule has 0 bridgehead atoms. The average molecular weight is 303 g/mol. The molecule has 0 spiro atoms. The van der Waals surface area contributed by atoms with Crippen LogP contribution in [0.1, 0.15) is 51.7 Å². The molecule has 0 N–H and O–H groups in total. The van der Waals surface area contributed by atoms with E-state index in [2.05, 4.69) is 13.8 Å². The van der Waals surface area contributed by atoms with E-state index < -0.39 is 6.23 Å². The molecule has 3 unspecified atom stereocenters. The van der Waals surface area contributed by atoms with Gasteiger partial charge < -0.3 is 9.64 Å². The molecule has 1 saturated heterocycles. The summed E-state index contributed by atoms with van der Waals surface area (Å²) < 4.78 is 5.81. The number of amides is 1. The van der Waals surface area contributed by atoms with Gasteiger partial charge in [0.2, 0.25) is 5.91 Å². The van der Waals surface area contributed by atoms with Crippen molar-refractivity contribution < 1.29 is 14.3 Å². The van der Waals surface area contributed by atoms with E-state index in [1.54, 1.807) is 4.90 Å². The fraction of sp³-hybridized carbons (Fsp3) is 0.556. The molecule has 4 nitrogen and oxygen atoms in total. The fourth-order valence-electron chi connectivity index (χ4n) is 2.88. The van der Waals surface area contributed by atoms with E-state index in [9.17, 15) is 9.59 Å². The molecule has 0 aromatic heterocycles.